The number of hydrogen-bond acceptors (Lipinski definition) is 7. The number of aliphatic hydroxyl groups is 4. The maximum Gasteiger partial charge on any atom is 0.339 e. The summed E-state index contributed by atoms with van der Waals surface area (Å²) in [6, 6.07) is 0.872. The molecule has 1 fully saturated rings. The lowest BCUT2D eigenvalue weighted by atomic mass is 9.99. The van der Waals surface area contributed by atoms with Gasteiger partial charge in [-0.2, -0.15) is 0 Å². The van der Waals surface area contributed by atoms with Crippen molar-refractivity contribution in [3.05, 3.63) is 29.3 Å². The van der Waals surface area contributed by atoms with Crippen LogP contribution in [-0.4, -0.2) is 68.8 Å². The van der Waals surface area contributed by atoms with Gasteiger partial charge in [0, 0.05) is 6.07 Å². The zero-order chi connectivity index (χ0) is 17.3. The molecule has 1 aliphatic rings. The predicted octanol–water partition coefficient (Wildman–Crippen LogP) is -1.16. The zero-order valence-corrected chi connectivity index (χ0v) is 11.5. The smallest absolute Gasteiger partial charge is 0.339 e. The Bertz CT molecular complexity index is 594. The fourth-order valence-corrected chi connectivity index (χ4v) is 2.12. The van der Waals surface area contributed by atoms with Crippen LogP contribution in [0.4, 0.5) is 8.78 Å². The lowest BCUT2D eigenvalue weighted by Crippen LogP contribution is -2.60. The summed E-state index contributed by atoms with van der Waals surface area (Å²) >= 11 is 0. The van der Waals surface area contributed by atoms with Crippen molar-refractivity contribution in [3.8, 4) is 5.75 Å². The number of benzene rings is 1. The molecule has 0 aromatic heterocycles. The molecule has 1 aromatic carbocycles. The maximum absolute atomic E-state index is 13.8. The van der Waals surface area contributed by atoms with Crippen LogP contribution in [0.15, 0.2) is 12.1 Å². The number of carboxylic acids is 1. The Kier molecular flexibility index (Phi) is 5.12. The van der Waals surface area contributed by atoms with Crippen LogP contribution in [0, 0.1) is 11.6 Å². The summed E-state index contributed by atoms with van der Waals surface area (Å²) < 4.78 is 36.8. The molecule has 10 heteroatoms. The fraction of sp³-hybridized carbons (Fsp3) is 0.462. The third kappa shape index (κ3) is 3.41. The average molecular weight is 336 g/mol. The predicted molar refractivity (Wildman–Crippen MR) is 67.7 cm³/mol. The molecule has 0 bridgehead atoms. The van der Waals surface area contributed by atoms with Crippen molar-refractivity contribution in [3.63, 3.8) is 0 Å². The molecule has 0 aliphatic carbocycles. The Morgan fingerprint density at radius 3 is 2.39 bits per heavy atom. The van der Waals surface area contributed by atoms with E-state index in [-0.39, 0.29) is 0 Å². The van der Waals surface area contributed by atoms with E-state index in [1.807, 2.05) is 0 Å². The van der Waals surface area contributed by atoms with E-state index in [2.05, 4.69) is 0 Å². The first-order valence-electron chi connectivity index (χ1n) is 6.45. The molecule has 0 amide bonds. The van der Waals surface area contributed by atoms with Crippen molar-refractivity contribution in [2.24, 2.45) is 0 Å². The first-order chi connectivity index (χ1) is 10.8. The molecule has 1 heterocycles. The summed E-state index contributed by atoms with van der Waals surface area (Å²) in [5.74, 6) is -5.12. The van der Waals surface area contributed by atoms with Gasteiger partial charge in [0.2, 0.25) is 6.29 Å². The number of carbonyl (C=O) groups is 1. The first-order valence-corrected chi connectivity index (χ1v) is 6.45. The van der Waals surface area contributed by atoms with Crippen LogP contribution < -0.4 is 4.74 Å². The van der Waals surface area contributed by atoms with E-state index in [1.165, 1.54) is 0 Å². The Morgan fingerprint density at radius 1 is 1.17 bits per heavy atom. The Labute approximate surface area is 128 Å². The van der Waals surface area contributed by atoms with Gasteiger partial charge in [-0.05, 0) is 6.07 Å². The standard InChI is InChI=1S/C13H14F2O8/c14-4-1-5(12(20)21)11(6(15)2-4)23-13-10(19)9(18)8(17)7(3-16)22-13/h1-2,7-10,13,16-19H,3H2,(H,20,21)/t7-,8-,9+,10-,13?/m1/s1. The van der Waals surface area contributed by atoms with Gasteiger partial charge in [-0.3, -0.25) is 0 Å². The molecule has 1 unspecified atom stereocenters. The summed E-state index contributed by atoms with van der Waals surface area (Å²) in [5.41, 5.74) is -0.862. The number of aromatic carboxylic acids is 1. The lowest BCUT2D eigenvalue weighted by Gasteiger charge is -2.39. The van der Waals surface area contributed by atoms with E-state index in [4.69, 9.17) is 19.7 Å². The van der Waals surface area contributed by atoms with Crippen molar-refractivity contribution < 1.29 is 48.6 Å². The molecule has 0 radical (unpaired) electrons. The highest BCUT2D eigenvalue weighted by Crippen LogP contribution is 2.29. The maximum atomic E-state index is 13.8. The minimum absolute atomic E-state index is 0.367. The summed E-state index contributed by atoms with van der Waals surface area (Å²) in [6.07, 6.45) is -8.42. The van der Waals surface area contributed by atoms with Crippen molar-refractivity contribution in [2.45, 2.75) is 30.7 Å². The van der Waals surface area contributed by atoms with Gasteiger partial charge in [0.05, 0.1) is 6.61 Å². The molecule has 1 saturated heterocycles. The van der Waals surface area contributed by atoms with Crippen molar-refractivity contribution in [1.82, 2.24) is 0 Å². The highest BCUT2D eigenvalue weighted by atomic mass is 19.1. The van der Waals surface area contributed by atoms with Crippen LogP contribution in [0.1, 0.15) is 10.4 Å². The molecule has 0 saturated carbocycles. The second kappa shape index (κ2) is 6.72. The van der Waals surface area contributed by atoms with Gasteiger partial charge in [0.1, 0.15) is 35.8 Å². The first kappa shape index (κ1) is 17.5. The second-order valence-electron chi connectivity index (χ2n) is 4.88. The SMILES string of the molecule is O=C(O)c1cc(F)cc(F)c1OC1O[C@H](CO)[C@@H](O)[C@H](O)[C@H]1O. The van der Waals surface area contributed by atoms with Crippen LogP contribution in [0.3, 0.4) is 0 Å². The van der Waals surface area contributed by atoms with Gasteiger partial charge >= 0.3 is 5.97 Å². The van der Waals surface area contributed by atoms with Gasteiger partial charge in [0.25, 0.3) is 0 Å². The lowest BCUT2D eigenvalue weighted by molar-refractivity contribution is -0.278. The van der Waals surface area contributed by atoms with Gasteiger partial charge < -0.3 is 35.0 Å². The Hall–Kier alpha value is -1.85. The highest BCUT2D eigenvalue weighted by molar-refractivity contribution is 5.91. The fourth-order valence-electron chi connectivity index (χ4n) is 2.12. The van der Waals surface area contributed by atoms with Gasteiger partial charge in [0.15, 0.2) is 11.6 Å². The summed E-state index contributed by atoms with van der Waals surface area (Å²) in [4.78, 5) is 11.0. The molecule has 2 rings (SSSR count). The summed E-state index contributed by atoms with van der Waals surface area (Å²) in [7, 11) is 0. The molecule has 23 heavy (non-hydrogen) atoms. The number of halogens is 2. The molecule has 8 nitrogen and oxygen atoms in total. The number of carboxylic acid groups (broad SMARTS) is 1. The number of aliphatic hydroxyl groups excluding tert-OH is 4. The average Bonchev–Trinajstić information content (AvgIpc) is 2.49. The second-order valence-corrected chi connectivity index (χ2v) is 4.88. The van der Waals surface area contributed by atoms with Crippen LogP contribution in [0.2, 0.25) is 0 Å². The van der Waals surface area contributed by atoms with Gasteiger partial charge in [-0.15, -0.1) is 0 Å². The van der Waals surface area contributed by atoms with E-state index in [0.29, 0.717) is 12.1 Å². The largest absolute Gasteiger partial charge is 0.478 e. The molecule has 5 N–H and O–H groups in total. The van der Waals surface area contributed by atoms with Crippen LogP contribution in [0.25, 0.3) is 0 Å². The number of hydrogen-bond donors (Lipinski definition) is 5. The van der Waals surface area contributed by atoms with E-state index >= 15 is 0 Å². The van der Waals surface area contributed by atoms with E-state index < -0.39 is 66.2 Å². The minimum atomic E-state index is -1.86. The summed E-state index contributed by atoms with van der Waals surface area (Å²) in [6.45, 7) is -0.748. The molecule has 1 aliphatic heterocycles. The Balaban J connectivity index is 2.33. The van der Waals surface area contributed by atoms with Crippen molar-refractivity contribution in [2.75, 3.05) is 6.61 Å². The third-order valence-corrected chi connectivity index (χ3v) is 3.32. The normalized spacial score (nSPS) is 31.0. The van der Waals surface area contributed by atoms with Crippen molar-refractivity contribution >= 4 is 5.97 Å². The third-order valence-electron chi connectivity index (χ3n) is 3.32. The topological polar surface area (TPSA) is 137 Å². The Morgan fingerprint density at radius 2 is 1.83 bits per heavy atom. The van der Waals surface area contributed by atoms with Crippen LogP contribution in [-0.2, 0) is 4.74 Å². The molecule has 128 valence electrons. The zero-order valence-electron chi connectivity index (χ0n) is 11.5. The van der Waals surface area contributed by atoms with E-state index in [9.17, 15) is 28.9 Å². The monoisotopic (exact) mass is 336 g/mol. The van der Waals surface area contributed by atoms with Crippen molar-refractivity contribution in [1.29, 1.82) is 0 Å². The number of ether oxygens (including phenoxy) is 2. The minimum Gasteiger partial charge on any atom is -0.478 e. The highest BCUT2D eigenvalue weighted by Gasteiger charge is 2.45. The van der Waals surface area contributed by atoms with Crippen LogP contribution in [0.5, 0.6) is 5.75 Å². The number of rotatable bonds is 4. The summed E-state index contributed by atoms with van der Waals surface area (Å²) in [5, 5.41) is 47.0. The molecular formula is C13H14F2O8. The molecule has 0 spiro atoms. The molecule has 1 aromatic rings. The quantitative estimate of drug-likeness (QED) is 0.464. The van der Waals surface area contributed by atoms with E-state index in [0.717, 1.165) is 0 Å². The van der Waals surface area contributed by atoms with E-state index in [1.54, 1.807) is 0 Å². The van der Waals surface area contributed by atoms with Gasteiger partial charge in [-0.1, -0.05) is 0 Å². The molecular weight excluding hydrogens is 322 g/mol. The van der Waals surface area contributed by atoms with Gasteiger partial charge in [-0.25, -0.2) is 13.6 Å². The molecule has 5 atom stereocenters. The van der Waals surface area contributed by atoms with Crippen LogP contribution >= 0.6 is 0 Å².